The zero-order chi connectivity index (χ0) is 18.8. The number of nitrogens with two attached hydrogens (primary N) is 2. The van der Waals surface area contributed by atoms with Crippen molar-refractivity contribution in [2.45, 2.75) is 6.42 Å². The molecule has 4 aromatic rings. The summed E-state index contributed by atoms with van der Waals surface area (Å²) in [6.45, 7) is 0. The van der Waals surface area contributed by atoms with Crippen LogP contribution in [0.4, 0.5) is 5.82 Å². The number of primary amides is 1. The second-order valence-electron chi connectivity index (χ2n) is 6.47. The molecule has 1 radical (unpaired) electrons. The molecule has 0 fully saturated rings. The van der Waals surface area contributed by atoms with E-state index in [0.717, 1.165) is 34.0 Å². The number of rotatable bonds is 5. The van der Waals surface area contributed by atoms with Gasteiger partial charge in [0.1, 0.15) is 0 Å². The fraction of sp³-hybridized carbons (Fsp3) is 0.0455. The fourth-order valence-corrected chi connectivity index (χ4v) is 3.15. The van der Waals surface area contributed by atoms with E-state index >= 15 is 0 Å². The lowest BCUT2D eigenvalue weighted by atomic mass is 9.96. The summed E-state index contributed by atoms with van der Waals surface area (Å²) in [4.78, 5) is 11.8. The van der Waals surface area contributed by atoms with E-state index in [4.69, 9.17) is 11.5 Å². The Hall–Kier alpha value is -3.60. The van der Waals surface area contributed by atoms with Crippen LogP contribution in [0, 0.1) is 6.42 Å². The van der Waals surface area contributed by atoms with Crippen molar-refractivity contribution in [3.05, 3.63) is 89.8 Å². The predicted molar refractivity (Wildman–Crippen MR) is 108 cm³/mol. The molecule has 133 valence electrons. The molecule has 0 aliphatic carbocycles. The van der Waals surface area contributed by atoms with Crippen LogP contribution in [0.2, 0.25) is 0 Å². The highest BCUT2D eigenvalue weighted by Crippen LogP contribution is 2.28. The first-order valence-electron chi connectivity index (χ1n) is 8.66. The first-order valence-corrected chi connectivity index (χ1v) is 8.66. The number of anilines is 1. The number of carbonyl (C=O) groups excluding carboxylic acids is 1. The van der Waals surface area contributed by atoms with Gasteiger partial charge in [-0.25, -0.2) is 0 Å². The van der Waals surface area contributed by atoms with Crippen molar-refractivity contribution < 1.29 is 4.79 Å². The quantitative estimate of drug-likeness (QED) is 0.509. The van der Waals surface area contributed by atoms with Crippen molar-refractivity contribution in [2.24, 2.45) is 5.73 Å². The molecule has 3 aromatic carbocycles. The van der Waals surface area contributed by atoms with E-state index in [-0.39, 0.29) is 0 Å². The number of aromatic nitrogens is 2. The van der Waals surface area contributed by atoms with Crippen LogP contribution in [0.5, 0.6) is 0 Å². The van der Waals surface area contributed by atoms with Gasteiger partial charge in [-0.05, 0) is 59.4 Å². The van der Waals surface area contributed by atoms with Gasteiger partial charge in [-0.15, -0.1) is 0 Å². The molecule has 0 spiro atoms. The Morgan fingerprint density at radius 2 is 1.81 bits per heavy atom. The van der Waals surface area contributed by atoms with Gasteiger partial charge in [0.2, 0.25) is 5.91 Å². The number of nitrogen functional groups attached to an aromatic ring is 1. The lowest BCUT2D eigenvalue weighted by Crippen LogP contribution is -2.11. The molecule has 5 heteroatoms. The van der Waals surface area contributed by atoms with Crippen LogP contribution in [0.25, 0.3) is 22.0 Å². The Morgan fingerprint density at radius 3 is 2.59 bits per heavy atom. The van der Waals surface area contributed by atoms with Gasteiger partial charge in [-0.2, -0.15) is 5.10 Å². The summed E-state index contributed by atoms with van der Waals surface area (Å²) in [6.07, 6.45) is 2.87. The van der Waals surface area contributed by atoms with Crippen molar-refractivity contribution >= 4 is 22.6 Å². The minimum atomic E-state index is -0.446. The second-order valence-corrected chi connectivity index (χ2v) is 6.47. The van der Waals surface area contributed by atoms with Gasteiger partial charge in [0.15, 0.2) is 5.82 Å². The molecule has 1 aromatic heterocycles. The van der Waals surface area contributed by atoms with Crippen LogP contribution in [-0.2, 0) is 6.42 Å². The molecule has 0 saturated carbocycles. The van der Waals surface area contributed by atoms with Crippen molar-refractivity contribution in [3.63, 3.8) is 0 Å². The molecular formula is C22H19N4O. The molecule has 4 rings (SSSR count). The van der Waals surface area contributed by atoms with Gasteiger partial charge < -0.3 is 11.5 Å². The first-order chi connectivity index (χ1) is 13.1. The summed E-state index contributed by atoms with van der Waals surface area (Å²) < 4.78 is 0. The molecule has 0 unspecified atom stereocenters. The fourth-order valence-electron chi connectivity index (χ4n) is 3.15. The molecule has 0 bridgehead atoms. The van der Waals surface area contributed by atoms with Crippen LogP contribution in [0.3, 0.4) is 0 Å². The second kappa shape index (κ2) is 6.96. The summed E-state index contributed by atoms with van der Waals surface area (Å²) in [7, 11) is 0. The van der Waals surface area contributed by atoms with Crippen LogP contribution in [0.1, 0.15) is 21.5 Å². The molecular weight excluding hydrogens is 336 g/mol. The highest BCUT2D eigenvalue weighted by Gasteiger charge is 2.10. The van der Waals surface area contributed by atoms with E-state index in [1.54, 1.807) is 0 Å². The molecule has 0 aliphatic rings. The third kappa shape index (κ3) is 3.53. The Kier molecular flexibility index (Phi) is 4.34. The summed E-state index contributed by atoms with van der Waals surface area (Å²) in [6, 6.07) is 21.7. The lowest BCUT2D eigenvalue weighted by molar-refractivity contribution is 0.100. The Morgan fingerprint density at radius 1 is 1.00 bits per heavy atom. The van der Waals surface area contributed by atoms with Crippen molar-refractivity contribution in [2.75, 3.05) is 5.73 Å². The number of hydrogen-bond donors (Lipinski definition) is 3. The maximum Gasteiger partial charge on any atom is 0.248 e. The van der Waals surface area contributed by atoms with E-state index in [1.165, 1.54) is 5.56 Å². The molecule has 0 saturated heterocycles. The average Bonchev–Trinajstić information content (AvgIpc) is 3.07. The van der Waals surface area contributed by atoms with Crippen LogP contribution in [0.15, 0.2) is 66.7 Å². The SMILES string of the molecule is NC(=O)c1cc([CH]Cc2ccccc2)cc(-c2ccc3c(N)n[nH]c3c2)c1. The highest BCUT2D eigenvalue weighted by molar-refractivity contribution is 5.96. The van der Waals surface area contributed by atoms with E-state index in [0.29, 0.717) is 11.4 Å². The summed E-state index contributed by atoms with van der Waals surface area (Å²) in [5, 5.41) is 7.83. The van der Waals surface area contributed by atoms with Crippen LogP contribution >= 0.6 is 0 Å². The number of fused-ring (bicyclic) bond motifs is 1. The molecule has 1 heterocycles. The molecule has 5 N–H and O–H groups in total. The maximum absolute atomic E-state index is 11.8. The van der Waals surface area contributed by atoms with Gasteiger partial charge in [0, 0.05) is 10.9 Å². The van der Waals surface area contributed by atoms with E-state index in [2.05, 4.69) is 34.8 Å². The van der Waals surface area contributed by atoms with Crippen LogP contribution in [-0.4, -0.2) is 16.1 Å². The maximum atomic E-state index is 11.8. The number of H-pyrrole nitrogens is 1. The van der Waals surface area contributed by atoms with Gasteiger partial charge in [0.25, 0.3) is 0 Å². The topological polar surface area (TPSA) is 97.8 Å². The standard InChI is InChI=1S/C22H19N4O/c23-21-19-9-8-16(13-20(19)25-26-21)17-10-15(11-18(12-17)22(24)27)7-6-14-4-2-1-3-5-14/h1-5,7-13H,6H2,(H2,24,27)(H3,23,25,26). The van der Waals surface area contributed by atoms with E-state index < -0.39 is 5.91 Å². The highest BCUT2D eigenvalue weighted by atomic mass is 16.1. The van der Waals surface area contributed by atoms with Gasteiger partial charge >= 0.3 is 0 Å². The Balaban J connectivity index is 1.70. The first kappa shape index (κ1) is 16.8. The Labute approximate surface area is 157 Å². The smallest absolute Gasteiger partial charge is 0.248 e. The number of nitrogens with zero attached hydrogens (tertiary/aromatic N) is 1. The minimum absolute atomic E-state index is 0.446. The molecule has 0 atom stereocenters. The number of amides is 1. The molecule has 1 amide bonds. The van der Waals surface area contributed by atoms with Crippen LogP contribution < -0.4 is 11.5 Å². The van der Waals surface area contributed by atoms with Gasteiger partial charge in [0.05, 0.1) is 5.52 Å². The minimum Gasteiger partial charge on any atom is -0.382 e. The summed E-state index contributed by atoms with van der Waals surface area (Å²) >= 11 is 0. The van der Waals surface area contributed by atoms with Crippen molar-refractivity contribution in [1.82, 2.24) is 10.2 Å². The third-order valence-electron chi connectivity index (χ3n) is 4.58. The summed E-state index contributed by atoms with van der Waals surface area (Å²) in [5.41, 5.74) is 16.8. The molecule has 0 aliphatic heterocycles. The van der Waals surface area contributed by atoms with Gasteiger partial charge in [-0.1, -0.05) is 42.5 Å². The number of hydrogen-bond acceptors (Lipinski definition) is 3. The summed E-state index contributed by atoms with van der Waals surface area (Å²) in [5.74, 6) is 0.0254. The Bertz CT molecular complexity index is 1120. The number of aromatic amines is 1. The zero-order valence-corrected chi connectivity index (χ0v) is 14.6. The van der Waals surface area contributed by atoms with E-state index in [1.807, 2.05) is 48.5 Å². The molecule has 27 heavy (non-hydrogen) atoms. The van der Waals surface area contributed by atoms with Crippen molar-refractivity contribution in [3.8, 4) is 11.1 Å². The average molecular weight is 355 g/mol. The zero-order valence-electron chi connectivity index (χ0n) is 14.6. The normalized spacial score (nSPS) is 11.0. The third-order valence-corrected chi connectivity index (χ3v) is 4.58. The number of carbonyl (C=O) groups is 1. The largest absolute Gasteiger partial charge is 0.382 e. The number of nitrogens with one attached hydrogen (secondary N) is 1. The molecule has 5 nitrogen and oxygen atoms in total. The van der Waals surface area contributed by atoms with Gasteiger partial charge in [-0.3, -0.25) is 9.89 Å². The van der Waals surface area contributed by atoms with E-state index in [9.17, 15) is 4.79 Å². The predicted octanol–water partition coefficient (Wildman–Crippen LogP) is 3.71. The monoisotopic (exact) mass is 355 g/mol. The lowest BCUT2D eigenvalue weighted by Gasteiger charge is -2.09. The van der Waals surface area contributed by atoms with Crippen molar-refractivity contribution in [1.29, 1.82) is 0 Å². The number of benzene rings is 3.